The second kappa shape index (κ2) is 10.3. The molecule has 0 spiro atoms. The molecule has 0 amide bonds. The van der Waals surface area contributed by atoms with Gasteiger partial charge in [-0.3, -0.25) is 0 Å². The summed E-state index contributed by atoms with van der Waals surface area (Å²) >= 11 is 0. The van der Waals surface area contributed by atoms with Gasteiger partial charge in [0.2, 0.25) is 0 Å². The summed E-state index contributed by atoms with van der Waals surface area (Å²) < 4.78 is 41.7. The Kier molecular flexibility index (Phi) is 7.24. The van der Waals surface area contributed by atoms with E-state index in [-0.39, 0.29) is 36.7 Å². The van der Waals surface area contributed by atoms with Crippen LogP contribution in [-0.2, 0) is 4.74 Å². The van der Waals surface area contributed by atoms with Crippen LogP contribution in [0.3, 0.4) is 0 Å². The third-order valence-electron chi connectivity index (χ3n) is 5.46. The topological polar surface area (TPSA) is 97.0 Å². The van der Waals surface area contributed by atoms with Crippen LogP contribution in [0.15, 0.2) is 48.8 Å². The SMILES string of the molecule is CC(O)c1nccn1C(C#Cc1ccc(-c2ccc(OC3COCC3O)cc2F)cc1F)CO. The van der Waals surface area contributed by atoms with Crippen LogP contribution in [0, 0.1) is 23.5 Å². The van der Waals surface area contributed by atoms with E-state index >= 15 is 0 Å². The Morgan fingerprint density at radius 2 is 2.03 bits per heavy atom. The molecule has 0 bridgehead atoms. The number of aromatic nitrogens is 2. The summed E-state index contributed by atoms with van der Waals surface area (Å²) in [6.45, 7) is 1.58. The molecule has 9 heteroatoms. The highest BCUT2D eigenvalue weighted by molar-refractivity contribution is 5.66. The third-order valence-corrected chi connectivity index (χ3v) is 5.46. The van der Waals surface area contributed by atoms with E-state index in [0.717, 1.165) is 0 Å². The van der Waals surface area contributed by atoms with Crippen LogP contribution in [0.5, 0.6) is 5.75 Å². The van der Waals surface area contributed by atoms with Crippen LogP contribution in [0.4, 0.5) is 8.78 Å². The van der Waals surface area contributed by atoms with Gasteiger partial charge in [-0.25, -0.2) is 13.8 Å². The molecule has 1 aromatic heterocycles. The van der Waals surface area contributed by atoms with Gasteiger partial charge in [-0.1, -0.05) is 17.9 Å². The van der Waals surface area contributed by atoms with Crippen molar-refractivity contribution in [1.82, 2.24) is 9.55 Å². The zero-order valence-electron chi connectivity index (χ0n) is 18.4. The Morgan fingerprint density at radius 1 is 1.21 bits per heavy atom. The van der Waals surface area contributed by atoms with Gasteiger partial charge in [-0.15, -0.1) is 0 Å². The van der Waals surface area contributed by atoms with Gasteiger partial charge >= 0.3 is 0 Å². The molecular formula is C25H24F2N2O5. The highest BCUT2D eigenvalue weighted by Crippen LogP contribution is 2.29. The average Bonchev–Trinajstić information content (AvgIpc) is 3.45. The lowest BCUT2D eigenvalue weighted by atomic mass is 10.0. The van der Waals surface area contributed by atoms with E-state index < -0.39 is 36.0 Å². The minimum atomic E-state index is -0.856. The van der Waals surface area contributed by atoms with Crippen LogP contribution in [0.2, 0.25) is 0 Å². The molecular weight excluding hydrogens is 446 g/mol. The maximum Gasteiger partial charge on any atom is 0.150 e. The number of imidazole rings is 1. The monoisotopic (exact) mass is 470 g/mol. The van der Waals surface area contributed by atoms with Crippen molar-refractivity contribution >= 4 is 0 Å². The fourth-order valence-electron chi connectivity index (χ4n) is 3.67. The Balaban J connectivity index is 1.53. The lowest BCUT2D eigenvalue weighted by Crippen LogP contribution is -2.29. The molecule has 1 aliphatic heterocycles. The van der Waals surface area contributed by atoms with Crippen LogP contribution in [0.25, 0.3) is 11.1 Å². The first-order chi connectivity index (χ1) is 16.4. The maximum atomic E-state index is 14.8. The third kappa shape index (κ3) is 5.11. The van der Waals surface area contributed by atoms with Crippen molar-refractivity contribution in [3.63, 3.8) is 0 Å². The van der Waals surface area contributed by atoms with Crippen molar-refractivity contribution in [1.29, 1.82) is 0 Å². The first kappa shape index (κ1) is 23.9. The van der Waals surface area contributed by atoms with Gasteiger partial charge in [0.1, 0.15) is 47.6 Å². The molecule has 0 radical (unpaired) electrons. The van der Waals surface area contributed by atoms with Gasteiger partial charge < -0.3 is 29.4 Å². The number of aliphatic hydroxyl groups is 3. The summed E-state index contributed by atoms with van der Waals surface area (Å²) in [5.74, 6) is 4.82. The Hall–Kier alpha value is -3.29. The van der Waals surface area contributed by atoms with Crippen LogP contribution in [-0.4, -0.2) is 56.9 Å². The van der Waals surface area contributed by atoms with Gasteiger partial charge in [0.15, 0.2) is 0 Å². The first-order valence-corrected chi connectivity index (χ1v) is 10.7. The lowest BCUT2D eigenvalue weighted by Gasteiger charge is -2.16. The molecule has 1 fully saturated rings. The number of aliphatic hydroxyl groups excluding tert-OH is 3. The molecule has 4 unspecified atom stereocenters. The van der Waals surface area contributed by atoms with Gasteiger partial charge in [0.25, 0.3) is 0 Å². The standard InChI is InChI=1S/C25H24F2N2O5/c1-15(31)25-28-8-9-29(25)18(12-30)5-4-16-2-3-17(10-21(16)26)20-7-6-19(11-22(20)27)34-24-14-33-13-23(24)32/h2-3,6-11,15,18,23-24,30-32H,12-14H2,1H3. The van der Waals surface area contributed by atoms with Crippen LogP contribution in [0.1, 0.15) is 30.5 Å². The Bertz CT molecular complexity index is 1220. The van der Waals surface area contributed by atoms with Gasteiger partial charge in [0, 0.05) is 24.0 Å². The zero-order valence-corrected chi connectivity index (χ0v) is 18.4. The molecule has 34 heavy (non-hydrogen) atoms. The lowest BCUT2D eigenvalue weighted by molar-refractivity contribution is 0.0731. The fraction of sp³-hybridized carbons (Fsp3) is 0.320. The van der Waals surface area contributed by atoms with E-state index in [2.05, 4.69) is 16.8 Å². The molecule has 1 saturated heterocycles. The first-order valence-electron chi connectivity index (χ1n) is 10.7. The van der Waals surface area contributed by atoms with Crippen molar-refractivity contribution < 1.29 is 33.6 Å². The number of halogens is 2. The second-order valence-electron chi connectivity index (χ2n) is 7.93. The predicted octanol–water partition coefficient (Wildman–Crippen LogP) is 2.61. The minimum absolute atomic E-state index is 0.0801. The Morgan fingerprint density at radius 3 is 2.68 bits per heavy atom. The predicted molar refractivity (Wildman–Crippen MR) is 119 cm³/mol. The number of hydrogen-bond acceptors (Lipinski definition) is 6. The molecule has 0 saturated carbocycles. The van der Waals surface area contributed by atoms with E-state index in [4.69, 9.17) is 9.47 Å². The van der Waals surface area contributed by atoms with E-state index in [1.807, 2.05) is 0 Å². The van der Waals surface area contributed by atoms with Crippen molar-refractivity contribution in [2.45, 2.75) is 31.3 Å². The van der Waals surface area contributed by atoms with Crippen molar-refractivity contribution in [3.8, 4) is 28.7 Å². The summed E-state index contributed by atoms with van der Waals surface area (Å²) in [6, 6.07) is 7.66. The smallest absolute Gasteiger partial charge is 0.150 e. The fourth-order valence-corrected chi connectivity index (χ4v) is 3.67. The summed E-state index contributed by atoms with van der Waals surface area (Å²) in [5, 5.41) is 29.3. The van der Waals surface area contributed by atoms with Crippen LogP contribution >= 0.6 is 0 Å². The highest BCUT2D eigenvalue weighted by atomic mass is 19.1. The molecule has 2 aromatic carbocycles. The summed E-state index contributed by atoms with van der Waals surface area (Å²) in [5.41, 5.74) is 0.583. The molecule has 178 valence electrons. The summed E-state index contributed by atoms with van der Waals surface area (Å²) in [7, 11) is 0. The molecule has 4 atom stereocenters. The number of nitrogens with zero attached hydrogens (tertiary/aromatic N) is 2. The van der Waals surface area contributed by atoms with Crippen LogP contribution < -0.4 is 4.74 Å². The van der Waals surface area contributed by atoms with Gasteiger partial charge in [0.05, 0.1) is 25.4 Å². The molecule has 4 rings (SSSR count). The maximum absolute atomic E-state index is 14.8. The number of ether oxygens (including phenoxy) is 2. The molecule has 0 aliphatic carbocycles. The quantitative estimate of drug-likeness (QED) is 0.480. The molecule has 2 heterocycles. The zero-order chi connectivity index (χ0) is 24.2. The number of rotatable bonds is 6. The Labute approximate surface area is 195 Å². The van der Waals surface area contributed by atoms with Crippen molar-refractivity contribution in [2.24, 2.45) is 0 Å². The van der Waals surface area contributed by atoms with E-state index in [1.54, 1.807) is 25.3 Å². The normalized spacial score (nSPS) is 19.4. The number of benzene rings is 2. The minimum Gasteiger partial charge on any atom is -0.485 e. The molecule has 3 N–H and O–H groups in total. The number of hydrogen-bond donors (Lipinski definition) is 3. The van der Waals surface area contributed by atoms with Crippen molar-refractivity contribution in [3.05, 3.63) is 71.8 Å². The largest absolute Gasteiger partial charge is 0.485 e. The van der Waals surface area contributed by atoms with E-state index in [9.17, 15) is 24.1 Å². The van der Waals surface area contributed by atoms with Gasteiger partial charge in [-0.2, -0.15) is 0 Å². The van der Waals surface area contributed by atoms with E-state index in [0.29, 0.717) is 11.4 Å². The molecule has 1 aliphatic rings. The summed E-state index contributed by atoms with van der Waals surface area (Å²) in [4.78, 5) is 4.05. The molecule has 7 nitrogen and oxygen atoms in total. The summed E-state index contributed by atoms with van der Waals surface area (Å²) in [6.07, 6.45) is 0.861. The van der Waals surface area contributed by atoms with E-state index in [1.165, 1.54) is 35.0 Å². The van der Waals surface area contributed by atoms with Gasteiger partial charge in [-0.05, 0) is 36.8 Å². The second-order valence-corrected chi connectivity index (χ2v) is 7.93. The molecule has 3 aromatic rings. The average molecular weight is 470 g/mol. The van der Waals surface area contributed by atoms with Crippen molar-refractivity contribution in [2.75, 3.05) is 19.8 Å². The highest BCUT2D eigenvalue weighted by Gasteiger charge is 2.28.